The zero-order chi connectivity index (χ0) is 30.5. The van der Waals surface area contributed by atoms with Crippen molar-refractivity contribution in [3.63, 3.8) is 0 Å². The van der Waals surface area contributed by atoms with Gasteiger partial charge in [-0.25, -0.2) is 9.59 Å². The molecule has 1 aliphatic heterocycles. The Morgan fingerprint density at radius 2 is 1.83 bits per heavy atom. The monoisotopic (exact) mass is 590 g/mol. The van der Waals surface area contributed by atoms with E-state index < -0.39 is 11.9 Å². The highest BCUT2D eigenvalue weighted by molar-refractivity contribution is 7.16. The van der Waals surface area contributed by atoms with Gasteiger partial charge in [-0.05, 0) is 48.1 Å². The van der Waals surface area contributed by atoms with Crippen LogP contribution in [-0.2, 0) is 45.0 Å². The third-order valence-corrected chi connectivity index (χ3v) is 7.44. The van der Waals surface area contributed by atoms with Crippen molar-refractivity contribution >= 4 is 40.1 Å². The number of para-hydroxylation sites is 1. The smallest absolute Gasteiger partial charge is 0.328 e. The minimum atomic E-state index is -1.26. The number of carboxylic acids is 2. The zero-order valence-electron chi connectivity index (χ0n) is 22.9. The van der Waals surface area contributed by atoms with Crippen LogP contribution >= 0.6 is 11.3 Å². The van der Waals surface area contributed by atoms with Crippen molar-refractivity contribution in [3.8, 4) is 11.8 Å². The van der Waals surface area contributed by atoms with Crippen LogP contribution in [0.4, 0.5) is 5.00 Å². The lowest BCUT2D eigenvalue weighted by molar-refractivity contribution is -0.134. The molecule has 0 saturated carbocycles. The van der Waals surface area contributed by atoms with Crippen LogP contribution in [0.5, 0.6) is 5.75 Å². The van der Waals surface area contributed by atoms with Crippen molar-refractivity contribution in [2.24, 2.45) is 0 Å². The van der Waals surface area contributed by atoms with Gasteiger partial charge in [-0.2, -0.15) is 5.26 Å². The van der Waals surface area contributed by atoms with Crippen LogP contribution in [-0.4, -0.2) is 57.5 Å². The fraction of sp³-hybridized carbons (Fsp3) is 0.267. The number of hydrogen-bond acceptors (Lipinski definition) is 8. The van der Waals surface area contributed by atoms with Crippen LogP contribution in [0.2, 0.25) is 0 Å². The van der Waals surface area contributed by atoms with E-state index in [1.807, 2.05) is 41.3 Å². The van der Waals surface area contributed by atoms with Crippen molar-refractivity contribution in [2.45, 2.75) is 38.6 Å². The molecular formula is C30H30N4O7S. The van der Waals surface area contributed by atoms with Crippen LogP contribution < -0.4 is 10.1 Å². The normalized spacial score (nSPS) is 12.0. The summed E-state index contributed by atoms with van der Waals surface area (Å²) in [7, 11) is 1.61. The van der Waals surface area contributed by atoms with Crippen molar-refractivity contribution in [3.05, 3.63) is 88.1 Å². The van der Waals surface area contributed by atoms with E-state index in [2.05, 4.69) is 16.4 Å². The summed E-state index contributed by atoms with van der Waals surface area (Å²) in [6, 6.07) is 13.7. The highest BCUT2D eigenvalue weighted by atomic mass is 32.1. The highest BCUT2D eigenvalue weighted by Gasteiger charge is 2.27. The summed E-state index contributed by atoms with van der Waals surface area (Å²) in [6.07, 6.45) is 7.13. The number of nitriles is 1. The molecule has 0 radical (unpaired) electrons. The first-order valence-electron chi connectivity index (χ1n) is 13.0. The number of methoxy groups -OCH3 is 1. The third kappa shape index (κ3) is 9.28. The van der Waals surface area contributed by atoms with Gasteiger partial charge in [-0.3, -0.25) is 14.6 Å². The second kappa shape index (κ2) is 15.7. The molecule has 1 aliphatic rings. The predicted octanol–water partition coefficient (Wildman–Crippen LogP) is 3.82. The van der Waals surface area contributed by atoms with Gasteiger partial charge in [0.1, 0.15) is 16.8 Å². The van der Waals surface area contributed by atoms with E-state index in [9.17, 15) is 24.4 Å². The number of fused-ring (bicyclic) bond motifs is 1. The van der Waals surface area contributed by atoms with Crippen LogP contribution in [0, 0.1) is 11.3 Å². The number of rotatable bonds is 10. The first-order valence-corrected chi connectivity index (χ1v) is 13.8. The van der Waals surface area contributed by atoms with Crippen LogP contribution in [0.1, 0.15) is 40.0 Å². The fourth-order valence-electron chi connectivity index (χ4n) is 4.27. The number of hydrogen-bond donors (Lipinski definition) is 3. The van der Waals surface area contributed by atoms with E-state index in [-0.39, 0.29) is 18.2 Å². The van der Waals surface area contributed by atoms with E-state index in [1.54, 1.807) is 19.5 Å². The Morgan fingerprint density at radius 3 is 2.48 bits per heavy atom. The third-order valence-electron chi connectivity index (χ3n) is 6.31. The van der Waals surface area contributed by atoms with Crippen LogP contribution in [0.3, 0.4) is 0 Å². The number of amides is 2. The molecule has 4 rings (SSSR count). The van der Waals surface area contributed by atoms with E-state index in [0.29, 0.717) is 61.5 Å². The predicted molar refractivity (Wildman–Crippen MR) is 155 cm³/mol. The summed E-state index contributed by atoms with van der Waals surface area (Å²) < 4.78 is 5.35. The van der Waals surface area contributed by atoms with Gasteiger partial charge < -0.3 is 25.2 Å². The summed E-state index contributed by atoms with van der Waals surface area (Å²) in [6.45, 7) is 1.04. The molecule has 0 spiro atoms. The maximum absolute atomic E-state index is 12.8. The fourth-order valence-corrected chi connectivity index (χ4v) is 5.50. The summed E-state index contributed by atoms with van der Waals surface area (Å²) >= 11 is 1.40. The standard InChI is InChI=1S/C26H26N4O3S.C4H4O4/c1-33-22-7-3-2-6-19(22)9-10-24(31)29-26-21(15-27)20-12-14-30(17-23(20)34-26)25(32)11-8-18-5-4-13-28-16-18;5-3(6)1-2-4(7)8/h2-7,13,16H,8-12,14,17H2,1H3,(H,29,31);1-2H,(H,5,6)(H,7,8). The van der Waals surface area contributed by atoms with Crippen LogP contribution in [0.25, 0.3) is 0 Å². The van der Waals surface area contributed by atoms with E-state index in [0.717, 1.165) is 27.3 Å². The molecule has 0 bridgehead atoms. The maximum atomic E-state index is 12.8. The summed E-state index contributed by atoms with van der Waals surface area (Å²) in [4.78, 5) is 51.4. The Hall–Kier alpha value is -5.02. The molecule has 0 fully saturated rings. The average Bonchev–Trinajstić information content (AvgIpc) is 3.34. The Bertz CT molecular complexity index is 1480. The SMILES string of the molecule is COc1ccccc1CCC(=O)Nc1sc2c(c1C#N)CCN(C(=O)CCc1cccnc1)C2.O=C(O)C=CC(=O)O. The molecule has 2 amide bonds. The molecule has 0 aliphatic carbocycles. The number of aliphatic carboxylic acids is 2. The molecule has 3 aromatic rings. The van der Waals surface area contributed by atoms with Crippen molar-refractivity contribution < 1.29 is 34.1 Å². The molecule has 42 heavy (non-hydrogen) atoms. The number of nitrogens with zero attached hydrogens (tertiary/aromatic N) is 3. The number of aromatic nitrogens is 1. The Morgan fingerprint density at radius 1 is 1.10 bits per heavy atom. The first kappa shape index (κ1) is 31.5. The number of benzene rings is 1. The van der Waals surface area contributed by atoms with Gasteiger partial charge in [0.15, 0.2) is 0 Å². The van der Waals surface area contributed by atoms with Crippen molar-refractivity contribution in [1.29, 1.82) is 5.26 Å². The number of thiophene rings is 1. The minimum Gasteiger partial charge on any atom is -0.496 e. The Balaban J connectivity index is 0.000000531. The lowest BCUT2D eigenvalue weighted by atomic mass is 10.0. The van der Waals surface area contributed by atoms with Gasteiger partial charge in [0, 0.05) is 48.8 Å². The van der Waals surface area contributed by atoms with Gasteiger partial charge in [0.2, 0.25) is 11.8 Å². The number of carbonyl (C=O) groups is 4. The zero-order valence-corrected chi connectivity index (χ0v) is 23.7. The molecule has 3 heterocycles. The number of aryl methyl sites for hydroxylation is 2. The quantitative estimate of drug-likeness (QED) is 0.297. The molecule has 0 saturated heterocycles. The lowest BCUT2D eigenvalue weighted by Crippen LogP contribution is -2.35. The van der Waals surface area contributed by atoms with Gasteiger partial charge >= 0.3 is 11.9 Å². The number of ether oxygens (including phenoxy) is 1. The largest absolute Gasteiger partial charge is 0.496 e. The molecule has 12 heteroatoms. The molecule has 1 aromatic carbocycles. The molecule has 11 nitrogen and oxygen atoms in total. The summed E-state index contributed by atoms with van der Waals surface area (Å²) in [5, 5.41) is 28.9. The number of anilines is 1. The number of carbonyl (C=O) groups excluding carboxylic acids is 2. The molecule has 0 unspecified atom stereocenters. The van der Waals surface area contributed by atoms with Gasteiger partial charge in [-0.1, -0.05) is 24.3 Å². The number of pyridine rings is 1. The Labute approximate surface area is 246 Å². The molecule has 218 valence electrons. The Kier molecular flexibility index (Phi) is 11.8. The lowest BCUT2D eigenvalue weighted by Gasteiger charge is -2.27. The highest BCUT2D eigenvalue weighted by Crippen LogP contribution is 2.37. The molecule has 2 aromatic heterocycles. The summed E-state index contributed by atoms with van der Waals surface area (Å²) in [5.74, 6) is -1.82. The molecular weight excluding hydrogens is 560 g/mol. The topological polar surface area (TPSA) is 170 Å². The second-order valence-corrected chi connectivity index (χ2v) is 10.2. The number of carboxylic acid groups (broad SMARTS) is 2. The maximum Gasteiger partial charge on any atom is 0.328 e. The van der Waals surface area contributed by atoms with Crippen molar-refractivity contribution in [1.82, 2.24) is 9.88 Å². The minimum absolute atomic E-state index is 0.0869. The molecule has 3 N–H and O–H groups in total. The van der Waals surface area contributed by atoms with E-state index in [1.165, 1.54) is 11.3 Å². The summed E-state index contributed by atoms with van der Waals surface area (Å²) in [5.41, 5.74) is 3.47. The first-order chi connectivity index (χ1) is 20.2. The number of nitrogens with one attached hydrogen (secondary N) is 1. The van der Waals surface area contributed by atoms with E-state index in [4.69, 9.17) is 14.9 Å². The second-order valence-electron chi connectivity index (χ2n) is 9.12. The molecule has 0 atom stereocenters. The van der Waals surface area contributed by atoms with Crippen LogP contribution in [0.15, 0.2) is 60.9 Å². The van der Waals surface area contributed by atoms with Crippen molar-refractivity contribution in [2.75, 3.05) is 19.0 Å². The van der Waals surface area contributed by atoms with Gasteiger partial charge in [0.05, 0.1) is 19.2 Å². The van der Waals surface area contributed by atoms with E-state index >= 15 is 0 Å². The van der Waals surface area contributed by atoms with Gasteiger partial charge in [-0.15, -0.1) is 11.3 Å². The van der Waals surface area contributed by atoms with Gasteiger partial charge in [0.25, 0.3) is 0 Å². The average molecular weight is 591 g/mol.